The van der Waals surface area contributed by atoms with E-state index in [1.807, 2.05) is 6.92 Å². The Hall–Kier alpha value is -1.22. The number of hydrogen-bond acceptors (Lipinski definition) is 5. The molecule has 1 N–H and O–H groups in total. The van der Waals surface area contributed by atoms with Gasteiger partial charge >= 0.3 is 0 Å². The van der Waals surface area contributed by atoms with Crippen molar-refractivity contribution < 1.29 is 17.9 Å². The van der Waals surface area contributed by atoms with Crippen LogP contribution in [0.5, 0.6) is 5.75 Å². The van der Waals surface area contributed by atoms with Gasteiger partial charge in [-0.3, -0.25) is 4.98 Å². The maximum Gasteiger partial charge on any atom is 0.279 e. The fourth-order valence-electron chi connectivity index (χ4n) is 2.39. The van der Waals surface area contributed by atoms with Crippen LogP contribution in [0.2, 0.25) is 0 Å². The molecule has 0 radical (unpaired) electrons. The van der Waals surface area contributed by atoms with Gasteiger partial charge in [-0.25, -0.2) is 0 Å². The number of pyridine rings is 1. The van der Waals surface area contributed by atoms with Crippen molar-refractivity contribution in [1.29, 1.82) is 0 Å². The predicted octanol–water partition coefficient (Wildman–Crippen LogP) is 1.56. The number of rotatable bonds is 10. The second-order valence-corrected chi connectivity index (χ2v) is 7.89. The van der Waals surface area contributed by atoms with E-state index in [1.165, 1.54) is 4.31 Å². The molecule has 8 heteroatoms. The number of nitrogens with zero attached hydrogens (tertiary/aromatic N) is 2. The van der Waals surface area contributed by atoms with Crippen molar-refractivity contribution in [2.45, 2.75) is 32.7 Å². The zero-order chi connectivity index (χ0) is 17.4. The Labute approximate surface area is 144 Å². The third-order valence-electron chi connectivity index (χ3n) is 4.05. The molecule has 1 aliphatic rings. The average molecular weight is 357 g/mol. The van der Waals surface area contributed by atoms with E-state index in [2.05, 4.69) is 9.71 Å². The summed E-state index contributed by atoms with van der Waals surface area (Å²) in [6.45, 7) is 4.76. The van der Waals surface area contributed by atoms with Crippen molar-refractivity contribution in [3.8, 4) is 5.75 Å². The molecular weight excluding hydrogens is 330 g/mol. The van der Waals surface area contributed by atoms with Crippen molar-refractivity contribution in [1.82, 2.24) is 14.0 Å². The molecule has 1 saturated heterocycles. The van der Waals surface area contributed by atoms with Crippen LogP contribution in [0.4, 0.5) is 0 Å². The maximum absolute atomic E-state index is 12.2. The molecule has 0 bridgehead atoms. The molecule has 0 saturated carbocycles. The summed E-state index contributed by atoms with van der Waals surface area (Å²) in [7, 11) is -1.91. The Morgan fingerprint density at radius 2 is 2.33 bits per heavy atom. The van der Waals surface area contributed by atoms with Crippen LogP contribution in [0.3, 0.4) is 0 Å². The predicted molar refractivity (Wildman–Crippen MR) is 92.0 cm³/mol. The van der Waals surface area contributed by atoms with E-state index in [0.29, 0.717) is 31.4 Å². The summed E-state index contributed by atoms with van der Waals surface area (Å²) in [6.07, 6.45) is 6.04. The molecule has 2 heterocycles. The largest absolute Gasteiger partial charge is 0.491 e. The van der Waals surface area contributed by atoms with Crippen molar-refractivity contribution in [3.63, 3.8) is 0 Å². The summed E-state index contributed by atoms with van der Waals surface area (Å²) in [4.78, 5) is 4.07. The van der Waals surface area contributed by atoms with Crippen molar-refractivity contribution >= 4 is 10.2 Å². The van der Waals surface area contributed by atoms with Crippen LogP contribution in [0.1, 0.15) is 31.7 Å². The first-order valence-corrected chi connectivity index (χ1v) is 9.81. The molecule has 24 heavy (non-hydrogen) atoms. The van der Waals surface area contributed by atoms with Crippen molar-refractivity contribution in [2.75, 3.05) is 33.4 Å². The highest BCUT2D eigenvalue weighted by Gasteiger charge is 2.19. The summed E-state index contributed by atoms with van der Waals surface area (Å²) in [5, 5.41) is 0. The zero-order valence-corrected chi connectivity index (χ0v) is 15.2. The van der Waals surface area contributed by atoms with Crippen LogP contribution in [0.25, 0.3) is 0 Å². The van der Waals surface area contributed by atoms with Gasteiger partial charge in [-0.1, -0.05) is 13.3 Å². The topological polar surface area (TPSA) is 80.8 Å². The monoisotopic (exact) mass is 357 g/mol. The number of nitrogens with one attached hydrogen (secondary N) is 1. The first-order chi connectivity index (χ1) is 11.5. The van der Waals surface area contributed by atoms with Crippen molar-refractivity contribution in [3.05, 3.63) is 24.0 Å². The number of unbranched alkanes of at least 4 members (excludes halogenated alkanes) is 1. The lowest BCUT2D eigenvalue weighted by Gasteiger charge is -2.18. The maximum atomic E-state index is 12.2. The van der Waals surface area contributed by atoms with Gasteiger partial charge in [0.25, 0.3) is 10.2 Å². The lowest BCUT2D eigenvalue weighted by atomic mass is 10.1. The van der Waals surface area contributed by atoms with Crippen LogP contribution < -0.4 is 9.46 Å². The second-order valence-electron chi connectivity index (χ2n) is 6.03. The first-order valence-electron chi connectivity index (χ1n) is 8.37. The minimum Gasteiger partial charge on any atom is -0.491 e. The summed E-state index contributed by atoms with van der Waals surface area (Å²) < 4.78 is 39.6. The minimum absolute atomic E-state index is 0.178. The van der Waals surface area contributed by atoms with E-state index in [4.69, 9.17) is 9.47 Å². The van der Waals surface area contributed by atoms with E-state index in [1.54, 1.807) is 25.5 Å². The van der Waals surface area contributed by atoms with E-state index in [9.17, 15) is 8.42 Å². The highest BCUT2D eigenvalue weighted by atomic mass is 32.2. The smallest absolute Gasteiger partial charge is 0.279 e. The lowest BCUT2D eigenvalue weighted by molar-refractivity contribution is 0.166. The van der Waals surface area contributed by atoms with Crippen LogP contribution in [0.15, 0.2) is 18.5 Å². The molecule has 0 spiro atoms. The summed E-state index contributed by atoms with van der Waals surface area (Å²) >= 11 is 0. The molecule has 1 aromatic rings. The van der Waals surface area contributed by atoms with Crippen LogP contribution in [-0.2, 0) is 21.5 Å². The Kier molecular flexibility index (Phi) is 7.41. The molecule has 0 aliphatic carbocycles. The Balaban J connectivity index is 1.91. The van der Waals surface area contributed by atoms with Gasteiger partial charge in [0.2, 0.25) is 0 Å². The number of aromatic nitrogens is 1. The number of hydrogen-bond donors (Lipinski definition) is 1. The molecule has 1 fully saturated rings. The summed E-state index contributed by atoms with van der Waals surface area (Å²) in [6, 6.07) is 1.77. The molecule has 136 valence electrons. The van der Waals surface area contributed by atoms with Gasteiger partial charge in [0.15, 0.2) is 0 Å². The highest BCUT2D eigenvalue weighted by Crippen LogP contribution is 2.20. The molecular formula is C16H27N3O4S. The minimum atomic E-state index is -3.49. The Morgan fingerprint density at radius 1 is 1.50 bits per heavy atom. The summed E-state index contributed by atoms with van der Waals surface area (Å²) in [5.41, 5.74) is 0.774. The lowest BCUT2D eigenvalue weighted by Crippen LogP contribution is -2.38. The highest BCUT2D eigenvalue weighted by molar-refractivity contribution is 7.87. The van der Waals surface area contributed by atoms with Gasteiger partial charge in [0.05, 0.1) is 19.4 Å². The molecule has 0 aromatic carbocycles. The molecule has 1 atom stereocenters. The quantitative estimate of drug-likeness (QED) is 0.687. The molecule has 2 rings (SSSR count). The van der Waals surface area contributed by atoms with Crippen molar-refractivity contribution in [2.24, 2.45) is 5.92 Å². The molecule has 0 unspecified atom stereocenters. The Bertz CT molecular complexity index is 603. The van der Waals surface area contributed by atoms with Crippen LogP contribution in [-0.4, -0.2) is 51.1 Å². The molecule has 7 nitrogen and oxygen atoms in total. The third-order valence-corrected chi connectivity index (χ3v) is 5.56. The van der Waals surface area contributed by atoms with Gasteiger partial charge in [-0.2, -0.15) is 17.4 Å². The Morgan fingerprint density at radius 3 is 3.04 bits per heavy atom. The van der Waals surface area contributed by atoms with Gasteiger partial charge in [-0.05, 0) is 18.9 Å². The molecule has 0 amide bonds. The van der Waals surface area contributed by atoms with Gasteiger partial charge < -0.3 is 9.47 Å². The molecule has 1 aromatic heterocycles. The second kappa shape index (κ2) is 9.31. The first kappa shape index (κ1) is 19.1. The van der Waals surface area contributed by atoms with Crippen LogP contribution >= 0.6 is 0 Å². The van der Waals surface area contributed by atoms with Gasteiger partial charge in [0, 0.05) is 44.4 Å². The van der Waals surface area contributed by atoms with Gasteiger partial charge in [-0.15, -0.1) is 0 Å². The normalized spacial score (nSPS) is 18.2. The third kappa shape index (κ3) is 5.70. The standard InChI is InChI=1S/C16H27N3O4S/c1-3-4-8-19(2)24(20,21)18-10-15-5-7-17-11-16(15)23-13-14-6-9-22-12-14/h5,7,11,14,18H,3-4,6,8-10,12-13H2,1-2H3/t14-/m0/s1. The fourth-order valence-corrected chi connectivity index (χ4v) is 3.32. The van der Waals surface area contributed by atoms with E-state index < -0.39 is 10.2 Å². The van der Waals surface area contributed by atoms with E-state index >= 15 is 0 Å². The van der Waals surface area contributed by atoms with Gasteiger partial charge in [0.1, 0.15) is 5.75 Å². The SMILES string of the molecule is CCCCN(C)S(=O)(=O)NCc1ccncc1OC[C@H]1CCOC1. The zero-order valence-electron chi connectivity index (χ0n) is 14.4. The fraction of sp³-hybridized carbons (Fsp3) is 0.688. The summed E-state index contributed by atoms with van der Waals surface area (Å²) in [5.74, 6) is 0.998. The van der Waals surface area contributed by atoms with Crippen LogP contribution in [0, 0.1) is 5.92 Å². The average Bonchev–Trinajstić information content (AvgIpc) is 3.10. The van der Waals surface area contributed by atoms with E-state index in [0.717, 1.165) is 31.4 Å². The molecule has 1 aliphatic heterocycles. The number of ether oxygens (including phenoxy) is 2. The van der Waals surface area contributed by atoms with E-state index in [-0.39, 0.29) is 6.54 Å².